The molecule has 0 spiro atoms. The molecule has 3 N–H and O–H groups in total. The zero-order valence-electron chi connectivity index (χ0n) is 6.62. The Kier molecular flexibility index (Phi) is 1.54. The highest BCUT2D eigenvalue weighted by atomic mass is 16.2. The highest BCUT2D eigenvalue weighted by Gasteiger charge is 2.40. The smallest absolute Gasteiger partial charge is 0.324 e. The van der Waals surface area contributed by atoms with Gasteiger partial charge in [0.15, 0.2) is 0 Å². The largest absolute Gasteiger partial charge is 0.329 e. The predicted molar refractivity (Wildman–Crippen MR) is 41.2 cm³/mol. The van der Waals surface area contributed by atoms with Crippen LogP contribution in [0.1, 0.15) is 12.8 Å². The van der Waals surface area contributed by atoms with Gasteiger partial charge in [-0.05, 0) is 12.8 Å². The molecule has 1 aliphatic heterocycles. The Morgan fingerprint density at radius 3 is 2.50 bits per heavy atom. The first-order valence-electron chi connectivity index (χ1n) is 4.04. The topological polar surface area (TPSA) is 75.4 Å². The molecule has 66 valence electrons. The zero-order valence-corrected chi connectivity index (χ0v) is 6.62. The van der Waals surface area contributed by atoms with Crippen molar-refractivity contribution in [1.82, 2.24) is 10.2 Å². The van der Waals surface area contributed by atoms with Crippen molar-refractivity contribution in [2.45, 2.75) is 24.9 Å². The third-order valence-electron chi connectivity index (χ3n) is 2.39. The van der Waals surface area contributed by atoms with Crippen LogP contribution >= 0.6 is 0 Å². The van der Waals surface area contributed by atoms with Crippen LogP contribution in [-0.4, -0.2) is 35.5 Å². The highest BCUT2D eigenvalue weighted by molar-refractivity contribution is 6.02. The molecule has 2 aliphatic rings. The number of amides is 3. The summed E-state index contributed by atoms with van der Waals surface area (Å²) in [7, 11) is 0. The number of carbonyl (C=O) groups excluding carboxylic acids is 2. The molecule has 0 radical (unpaired) electrons. The Bertz CT molecular complexity index is 219. The molecule has 2 rings (SSSR count). The number of nitrogens with zero attached hydrogens (tertiary/aromatic N) is 1. The summed E-state index contributed by atoms with van der Waals surface area (Å²) >= 11 is 0. The molecule has 1 aliphatic carbocycles. The van der Waals surface area contributed by atoms with Crippen LogP contribution < -0.4 is 11.1 Å². The molecule has 0 aromatic heterocycles. The fourth-order valence-corrected chi connectivity index (χ4v) is 1.65. The van der Waals surface area contributed by atoms with Gasteiger partial charge in [0.1, 0.15) is 0 Å². The minimum Gasteiger partial charge on any atom is -0.329 e. The average molecular weight is 169 g/mol. The van der Waals surface area contributed by atoms with Gasteiger partial charge in [0.25, 0.3) is 0 Å². The number of nitrogens with one attached hydrogen (secondary N) is 1. The number of imide groups is 1. The van der Waals surface area contributed by atoms with Gasteiger partial charge in [-0.1, -0.05) is 0 Å². The third-order valence-corrected chi connectivity index (χ3v) is 2.39. The van der Waals surface area contributed by atoms with Crippen molar-refractivity contribution < 1.29 is 9.59 Å². The molecule has 2 fully saturated rings. The van der Waals surface area contributed by atoms with Gasteiger partial charge in [0.05, 0.1) is 6.54 Å². The molecule has 0 aromatic carbocycles. The minimum atomic E-state index is -0.267. The lowest BCUT2D eigenvalue weighted by atomic mass is 9.86. The molecule has 5 heteroatoms. The van der Waals surface area contributed by atoms with E-state index in [4.69, 9.17) is 5.73 Å². The first-order valence-corrected chi connectivity index (χ1v) is 4.04. The second kappa shape index (κ2) is 2.45. The average Bonchev–Trinajstić information content (AvgIpc) is 2.26. The number of hydrogen-bond acceptors (Lipinski definition) is 3. The molecule has 0 unspecified atom stereocenters. The van der Waals surface area contributed by atoms with E-state index in [9.17, 15) is 9.59 Å². The second-order valence-electron chi connectivity index (χ2n) is 3.31. The van der Waals surface area contributed by atoms with E-state index in [1.165, 1.54) is 4.90 Å². The quantitative estimate of drug-likeness (QED) is 0.496. The maximum atomic E-state index is 11.1. The van der Waals surface area contributed by atoms with E-state index in [2.05, 4.69) is 5.32 Å². The number of urea groups is 1. The molecule has 1 saturated carbocycles. The maximum Gasteiger partial charge on any atom is 0.324 e. The van der Waals surface area contributed by atoms with Gasteiger partial charge >= 0.3 is 6.03 Å². The van der Waals surface area contributed by atoms with Crippen LogP contribution in [0.25, 0.3) is 0 Å². The number of hydrogen-bond donors (Lipinski definition) is 2. The van der Waals surface area contributed by atoms with Crippen molar-refractivity contribution in [2.75, 3.05) is 6.54 Å². The monoisotopic (exact) mass is 169 g/mol. The van der Waals surface area contributed by atoms with Crippen molar-refractivity contribution >= 4 is 11.9 Å². The van der Waals surface area contributed by atoms with E-state index in [1.807, 2.05) is 0 Å². The van der Waals surface area contributed by atoms with E-state index in [0.29, 0.717) is 0 Å². The summed E-state index contributed by atoms with van der Waals surface area (Å²) in [5.74, 6) is -0.128. The summed E-state index contributed by atoms with van der Waals surface area (Å²) in [6.07, 6.45) is 1.50. The van der Waals surface area contributed by atoms with Crippen molar-refractivity contribution in [3.8, 4) is 0 Å². The molecular weight excluding hydrogens is 158 g/mol. The molecule has 3 amide bonds. The number of carbonyl (C=O) groups is 2. The lowest BCUT2D eigenvalue weighted by Crippen LogP contribution is -2.52. The second-order valence-corrected chi connectivity index (χ2v) is 3.31. The molecule has 5 nitrogen and oxygen atoms in total. The van der Waals surface area contributed by atoms with Crippen LogP contribution in [0, 0.1) is 0 Å². The van der Waals surface area contributed by atoms with Crippen LogP contribution in [0.15, 0.2) is 0 Å². The van der Waals surface area contributed by atoms with E-state index in [-0.39, 0.29) is 30.6 Å². The van der Waals surface area contributed by atoms with Gasteiger partial charge in [-0.25, -0.2) is 4.79 Å². The zero-order chi connectivity index (χ0) is 8.72. The normalized spacial score (nSPS) is 34.9. The summed E-state index contributed by atoms with van der Waals surface area (Å²) in [6, 6.07) is -0.0527. The summed E-state index contributed by atoms with van der Waals surface area (Å²) in [5.41, 5.74) is 5.56. The van der Waals surface area contributed by atoms with Gasteiger partial charge in [0, 0.05) is 12.1 Å². The van der Waals surface area contributed by atoms with Crippen molar-refractivity contribution in [3.05, 3.63) is 0 Å². The summed E-state index contributed by atoms with van der Waals surface area (Å²) in [6.45, 7) is 0.143. The summed E-state index contributed by atoms with van der Waals surface area (Å²) in [4.78, 5) is 23.5. The molecule has 1 heterocycles. The van der Waals surface area contributed by atoms with Crippen LogP contribution in [0.3, 0.4) is 0 Å². The Hall–Kier alpha value is -1.10. The van der Waals surface area contributed by atoms with Crippen molar-refractivity contribution in [2.24, 2.45) is 5.73 Å². The Morgan fingerprint density at radius 1 is 1.42 bits per heavy atom. The van der Waals surface area contributed by atoms with Crippen LogP contribution in [0.4, 0.5) is 4.79 Å². The third kappa shape index (κ3) is 0.972. The lowest BCUT2D eigenvalue weighted by molar-refractivity contribution is -0.127. The van der Waals surface area contributed by atoms with E-state index in [1.54, 1.807) is 0 Å². The molecule has 0 aromatic rings. The van der Waals surface area contributed by atoms with E-state index in [0.717, 1.165) is 12.8 Å². The van der Waals surface area contributed by atoms with Gasteiger partial charge in [0.2, 0.25) is 5.91 Å². The molecule has 12 heavy (non-hydrogen) atoms. The lowest BCUT2D eigenvalue weighted by Gasteiger charge is -2.37. The molecule has 1 saturated heterocycles. The van der Waals surface area contributed by atoms with E-state index < -0.39 is 0 Å². The summed E-state index contributed by atoms with van der Waals surface area (Å²) in [5, 5.41) is 2.48. The molecular formula is C7H11N3O2. The van der Waals surface area contributed by atoms with E-state index >= 15 is 0 Å². The fourth-order valence-electron chi connectivity index (χ4n) is 1.65. The van der Waals surface area contributed by atoms with Crippen LogP contribution in [0.5, 0.6) is 0 Å². The minimum absolute atomic E-state index is 0.0509. The first-order chi connectivity index (χ1) is 5.68. The number of rotatable bonds is 1. The Morgan fingerprint density at radius 2 is 2.08 bits per heavy atom. The van der Waals surface area contributed by atoms with Gasteiger partial charge < -0.3 is 11.1 Å². The first kappa shape index (κ1) is 7.54. The Balaban J connectivity index is 2.03. The molecule has 0 atom stereocenters. The van der Waals surface area contributed by atoms with Crippen molar-refractivity contribution in [1.29, 1.82) is 0 Å². The Labute approximate surface area is 69.9 Å². The van der Waals surface area contributed by atoms with Gasteiger partial charge in [-0.3, -0.25) is 9.69 Å². The van der Waals surface area contributed by atoms with Gasteiger partial charge in [-0.15, -0.1) is 0 Å². The molecule has 0 bridgehead atoms. The number of nitrogens with two attached hydrogens (primary N) is 1. The van der Waals surface area contributed by atoms with Crippen LogP contribution in [-0.2, 0) is 4.79 Å². The van der Waals surface area contributed by atoms with Crippen LogP contribution in [0.2, 0.25) is 0 Å². The summed E-state index contributed by atoms with van der Waals surface area (Å²) < 4.78 is 0. The fraction of sp³-hybridized carbons (Fsp3) is 0.714. The standard InChI is InChI=1S/C7H11N3O2/c8-4-1-5(2-4)10-6(11)3-9-7(10)12/h4-5H,1-3,8H2,(H,9,12). The van der Waals surface area contributed by atoms with Crippen molar-refractivity contribution in [3.63, 3.8) is 0 Å². The SMILES string of the molecule is NC1CC(N2C(=O)CNC2=O)C1. The highest BCUT2D eigenvalue weighted by Crippen LogP contribution is 2.25. The predicted octanol–water partition coefficient (Wildman–Crippen LogP) is -0.972. The maximum absolute atomic E-state index is 11.1. The van der Waals surface area contributed by atoms with Gasteiger partial charge in [-0.2, -0.15) is 0 Å².